The zero-order valence-corrected chi connectivity index (χ0v) is 15.5. The van der Waals surface area contributed by atoms with Crippen LogP contribution >= 0.6 is 0 Å². The molecule has 0 radical (unpaired) electrons. The van der Waals surface area contributed by atoms with Gasteiger partial charge in [0.05, 0.1) is 25.1 Å². The Morgan fingerprint density at radius 3 is 2.39 bits per heavy atom. The number of aromatic nitrogens is 1. The van der Waals surface area contributed by atoms with E-state index < -0.39 is 11.5 Å². The molecule has 1 heterocycles. The molecule has 1 aromatic heterocycles. The predicted molar refractivity (Wildman–Crippen MR) is 106 cm³/mol. The highest BCUT2D eigenvalue weighted by atomic mass is 16.5. The molecule has 0 saturated heterocycles. The summed E-state index contributed by atoms with van der Waals surface area (Å²) < 4.78 is 10.1. The molecule has 3 rings (SSSR count). The minimum Gasteiger partial charge on any atom is -0.497 e. The van der Waals surface area contributed by atoms with Crippen LogP contribution in [0.1, 0.15) is 17.3 Å². The molecule has 28 heavy (non-hydrogen) atoms. The van der Waals surface area contributed by atoms with Crippen molar-refractivity contribution in [2.75, 3.05) is 13.7 Å². The summed E-state index contributed by atoms with van der Waals surface area (Å²) in [4.78, 5) is 27.2. The summed E-state index contributed by atoms with van der Waals surface area (Å²) in [6.07, 6.45) is 0. The molecule has 3 aromatic rings. The number of methoxy groups -OCH3 is 1. The van der Waals surface area contributed by atoms with Crippen LogP contribution in [0.3, 0.4) is 0 Å². The highest BCUT2D eigenvalue weighted by Crippen LogP contribution is 2.30. The van der Waals surface area contributed by atoms with E-state index in [0.717, 1.165) is 0 Å². The molecule has 0 aliphatic heterocycles. The van der Waals surface area contributed by atoms with Gasteiger partial charge in [-0.2, -0.15) is 5.11 Å². The summed E-state index contributed by atoms with van der Waals surface area (Å²) in [5.74, 6) is -0.0251. The molecule has 0 amide bonds. The van der Waals surface area contributed by atoms with Crippen molar-refractivity contribution in [2.24, 2.45) is 10.2 Å². The SMILES string of the molecule is CCOC(=O)c1cc(N=Nc2ccccc2)c(-c2ccc(OC)cc2)[nH]c1=O. The number of H-pyrrole nitrogens is 1. The lowest BCUT2D eigenvalue weighted by Crippen LogP contribution is -2.20. The van der Waals surface area contributed by atoms with Crippen molar-refractivity contribution in [1.82, 2.24) is 4.98 Å². The molecule has 142 valence electrons. The van der Waals surface area contributed by atoms with Gasteiger partial charge >= 0.3 is 5.97 Å². The summed E-state index contributed by atoms with van der Waals surface area (Å²) in [6.45, 7) is 1.84. The van der Waals surface area contributed by atoms with Crippen LogP contribution in [0.15, 0.2) is 75.7 Å². The van der Waals surface area contributed by atoms with Gasteiger partial charge in [-0.15, -0.1) is 5.11 Å². The maximum absolute atomic E-state index is 12.4. The van der Waals surface area contributed by atoms with E-state index in [9.17, 15) is 9.59 Å². The first-order valence-electron chi connectivity index (χ1n) is 8.68. The maximum Gasteiger partial charge on any atom is 0.343 e. The molecule has 0 bridgehead atoms. The van der Waals surface area contributed by atoms with Gasteiger partial charge in [0.15, 0.2) is 0 Å². The number of hydrogen-bond acceptors (Lipinski definition) is 6. The third kappa shape index (κ3) is 4.32. The second kappa shape index (κ2) is 8.77. The molecule has 7 nitrogen and oxygen atoms in total. The second-order valence-corrected chi connectivity index (χ2v) is 5.76. The Labute approximate surface area is 161 Å². The number of azo groups is 1. The average Bonchev–Trinajstić information content (AvgIpc) is 2.73. The quantitative estimate of drug-likeness (QED) is 0.500. The number of benzene rings is 2. The van der Waals surface area contributed by atoms with Gasteiger partial charge in [-0.3, -0.25) is 4.79 Å². The standard InChI is InChI=1S/C21H19N3O4/c1-3-28-21(26)17-13-18(24-23-15-7-5-4-6-8-15)19(22-20(17)25)14-9-11-16(27-2)12-10-14/h4-13H,3H2,1-2H3,(H,22,25). The van der Waals surface area contributed by atoms with Gasteiger partial charge < -0.3 is 14.5 Å². The molecule has 0 spiro atoms. The topological polar surface area (TPSA) is 93.1 Å². The van der Waals surface area contributed by atoms with E-state index in [1.54, 1.807) is 50.4 Å². The van der Waals surface area contributed by atoms with Crippen molar-refractivity contribution in [2.45, 2.75) is 6.92 Å². The molecule has 0 atom stereocenters. The van der Waals surface area contributed by atoms with Crippen molar-refractivity contribution >= 4 is 17.3 Å². The van der Waals surface area contributed by atoms with Gasteiger partial charge in [-0.05, 0) is 49.4 Å². The van der Waals surface area contributed by atoms with Crippen molar-refractivity contribution in [3.63, 3.8) is 0 Å². The lowest BCUT2D eigenvalue weighted by molar-refractivity contribution is 0.0524. The lowest BCUT2D eigenvalue weighted by Gasteiger charge is -2.09. The van der Waals surface area contributed by atoms with Crippen molar-refractivity contribution in [3.8, 4) is 17.0 Å². The Balaban J connectivity index is 2.10. The zero-order chi connectivity index (χ0) is 19.9. The summed E-state index contributed by atoms with van der Waals surface area (Å²) in [6, 6.07) is 17.7. The van der Waals surface area contributed by atoms with Crippen molar-refractivity contribution in [1.29, 1.82) is 0 Å². The van der Waals surface area contributed by atoms with E-state index >= 15 is 0 Å². The monoisotopic (exact) mass is 377 g/mol. The van der Waals surface area contributed by atoms with Gasteiger partial charge in [-0.25, -0.2) is 4.79 Å². The van der Waals surface area contributed by atoms with Gasteiger partial charge in [0.25, 0.3) is 5.56 Å². The van der Waals surface area contributed by atoms with Crippen molar-refractivity contribution < 1.29 is 14.3 Å². The normalized spacial score (nSPS) is 10.8. The fraction of sp³-hybridized carbons (Fsp3) is 0.143. The van der Waals surface area contributed by atoms with Crippen LogP contribution in [0.25, 0.3) is 11.3 Å². The van der Waals surface area contributed by atoms with E-state index in [0.29, 0.717) is 28.4 Å². The van der Waals surface area contributed by atoms with Gasteiger partial charge in [-0.1, -0.05) is 18.2 Å². The van der Waals surface area contributed by atoms with E-state index in [1.165, 1.54) is 6.07 Å². The minimum atomic E-state index is -0.707. The van der Waals surface area contributed by atoms with Gasteiger partial charge in [0, 0.05) is 5.56 Å². The fourth-order valence-electron chi connectivity index (χ4n) is 2.54. The summed E-state index contributed by atoms with van der Waals surface area (Å²) in [5, 5.41) is 8.45. The number of nitrogens with zero attached hydrogens (tertiary/aromatic N) is 2. The fourth-order valence-corrected chi connectivity index (χ4v) is 2.54. The number of nitrogens with one attached hydrogen (secondary N) is 1. The molecular weight excluding hydrogens is 358 g/mol. The van der Waals surface area contributed by atoms with Crippen LogP contribution in [0.5, 0.6) is 5.75 Å². The Kier molecular flexibility index (Phi) is 5.96. The van der Waals surface area contributed by atoms with Gasteiger partial charge in [0.2, 0.25) is 0 Å². The van der Waals surface area contributed by atoms with Gasteiger partial charge in [0.1, 0.15) is 17.0 Å². The molecule has 0 aliphatic carbocycles. The summed E-state index contributed by atoms with van der Waals surface area (Å²) >= 11 is 0. The van der Waals surface area contributed by atoms with Crippen LogP contribution in [-0.4, -0.2) is 24.7 Å². The van der Waals surface area contributed by atoms with E-state index in [-0.39, 0.29) is 12.2 Å². The first-order chi connectivity index (χ1) is 13.6. The third-order valence-corrected chi connectivity index (χ3v) is 3.92. The first-order valence-corrected chi connectivity index (χ1v) is 8.68. The molecule has 0 unspecified atom stereocenters. The molecule has 1 N–H and O–H groups in total. The predicted octanol–water partition coefficient (Wildman–Crippen LogP) is 4.64. The number of esters is 1. The number of carbonyl (C=O) groups is 1. The second-order valence-electron chi connectivity index (χ2n) is 5.76. The Bertz CT molecular complexity index is 1040. The zero-order valence-electron chi connectivity index (χ0n) is 15.5. The number of aromatic amines is 1. The van der Waals surface area contributed by atoms with E-state index in [4.69, 9.17) is 9.47 Å². The van der Waals surface area contributed by atoms with E-state index in [1.807, 2.05) is 18.2 Å². The Morgan fingerprint density at radius 1 is 1.04 bits per heavy atom. The molecule has 0 fully saturated rings. The van der Waals surface area contributed by atoms with Crippen LogP contribution in [0, 0.1) is 0 Å². The van der Waals surface area contributed by atoms with Crippen LogP contribution in [0.4, 0.5) is 11.4 Å². The number of hydrogen-bond donors (Lipinski definition) is 1. The molecule has 0 saturated carbocycles. The average molecular weight is 377 g/mol. The number of carbonyl (C=O) groups excluding carboxylic acids is 1. The molecular formula is C21H19N3O4. The third-order valence-electron chi connectivity index (χ3n) is 3.92. The summed E-state index contributed by atoms with van der Waals surface area (Å²) in [5.41, 5.74) is 1.46. The highest BCUT2D eigenvalue weighted by molar-refractivity contribution is 5.91. The minimum absolute atomic E-state index is 0.124. The molecule has 2 aromatic carbocycles. The Morgan fingerprint density at radius 2 is 1.75 bits per heavy atom. The van der Waals surface area contributed by atoms with Crippen LogP contribution in [-0.2, 0) is 4.74 Å². The number of ether oxygens (including phenoxy) is 2. The largest absolute Gasteiger partial charge is 0.497 e. The molecule has 0 aliphatic rings. The van der Waals surface area contributed by atoms with E-state index in [2.05, 4.69) is 15.2 Å². The highest BCUT2D eigenvalue weighted by Gasteiger charge is 2.17. The smallest absolute Gasteiger partial charge is 0.343 e. The van der Waals surface area contributed by atoms with Crippen LogP contribution in [0.2, 0.25) is 0 Å². The lowest BCUT2D eigenvalue weighted by atomic mass is 10.1. The summed E-state index contributed by atoms with van der Waals surface area (Å²) in [7, 11) is 1.57. The first kappa shape index (κ1) is 19.0. The number of pyridine rings is 1. The van der Waals surface area contributed by atoms with Crippen LogP contribution < -0.4 is 10.3 Å². The van der Waals surface area contributed by atoms with Crippen molar-refractivity contribution in [3.05, 3.63) is 76.6 Å². The Hall–Kier alpha value is -3.74. The number of rotatable bonds is 6. The maximum atomic E-state index is 12.4. The molecule has 7 heteroatoms.